The second kappa shape index (κ2) is 10.7. The molecule has 124 valence electrons. The lowest BCUT2D eigenvalue weighted by Crippen LogP contribution is -2.40. The van der Waals surface area contributed by atoms with E-state index in [2.05, 4.69) is 10.3 Å². The van der Waals surface area contributed by atoms with Crippen LogP contribution in [0.25, 0.3) is 0 Å². The van der Waals surface area contributed by atoms with E-state index < -0.39 is 0 Å². The Morgan fingerprint density at radius 2 is 2.00 bits per heavy atom. The van der Waals surface area contributed by atoms with Crippen molar-refractivity contribution in [1.82, 2.24) is 10.2 Å². The highest BCUT2D eigenvalue weighted by Gasteiger charge is 2.07. The van der Waals surface area contributed by atoms with Gasteiger partial charge in [0, 0.05) is 34.3 Å². The molecule has 1 N–H and O–H groups in total. The first-order valence-corrected chi connectivity index (χ1v) is 7.76. The predicted octanol–water partition coefficient (Wildman–Crippen LogP) is 2.66. The topological polar surface area (TPSA) is 46.1 Å². The van der Waals surface area contributed by atoms with Crippen molar-refractivity contribution in [3.05, 3.63) is 33.8 Å². The quantitative estimate of drug-likeness (QED) is 0.446. The fourth-order valence-electron chi connectivity index (χ4n) is 1.85. The third kappa shape index (κ3) is 6.83. The fraction of sp³-hybridized carbons (Fsp3) is 0.533. The van der Waals surface area contributed by atoms with Gasteiger partial charge in [-0.15, -0.1) is 0 Å². The maximum absolute atomic E-state index is 6.03. The van der Waals surface area contributed by atoms with Crippen LogP contribution in [-0.4, -0.2) is 58.4 Å². The molecule has 1 rings (SSSR count). The average molecular weight is 348 g/mol. The molecule has 1 aromatic rings. The van der Waals surface area contributed by atoms with Crippen molar-refractivity contribution in [2.75, 3.05) is 47.6 Å². The number of nitrogens with zero attached hydrogens (tertiary/aromatic N) is 2. The van der Waals surface area contributed by atoms with Gasteiger partial charge in [-0.05, 0) is 17.7 Å². The molecule has 22 heavy (non-hydrogen) atoms. The maximum atomic E-state index is 6.03. The number of aliphatic imine (C=N–C) groups is 1. The van der Waals surface area contributed by atoms with Crippen molar-refractivity contribution in [2.45, 2.75) is 6.54 Å². The van der Waals surface area contributed by atoms with E-state index in [9.17, 15) is 0 Å². The minimum atomic E-state index is 0.557. The number of hydrogen-bond acceptors (Lipinski definition) is 3. The average Bonchev–Trinajstić information content (AvgIpc) is 2.50. The zero-order chi connectivity index (χ0) is 16.4. The highest BCUT2D eigenvalue weighted by molar-refractivity contribution is 6.42. The SMILES string of the molecule is CN=C(NCCOCCOC)N(C)Cc1ccc(Cl)c(Cl)c1. The Kier molecular flexibility index (Phi) is 9.24. The molecule has 0 unspecified atom stereocenters. The summed E-state index contributed by atoms with van der Waals surface area (Å²) in [5.74, 6) is 0.793. The first kappa shape index (κ1) is 19.0. The fourth-order valence-corrected chi connectivity index (χ4v) is 2.17. The van der Waals surface area contributed by atoms with E-state index in [-0.39, 0.29) is 0 Å². The smallest absolute Gasteiger partial charge is 0.193 e. The van der Waals surface area contributed by atoms with Crippen LogP contribution in [0.2, 0.25) is 10.0 Å². The van der Waals surface area contributed by atoms with Crippen molar-refractivity contribution < 1.29 is 9.47 Å². The van der Waals surface area contributed by atoms with E-state index in [0.717, 1.165) is 11.5 Å². The Morgan fingerprint density at radius 3 is 2.64 bits per heavy atom. The highest BCUT2D eigenvalue weighted by atomic mass is 35.5. The minimum Gasteiger partial charge on any atom is -0.382 e. The van der Waals surface area contributed by atoms with Crippen LogP contribution in [0.3, 0.4) is 0 Å². The van der Waals surface area contributed by atoms with Crippen LogP contribution < -0.4 is 5.32 Å². The van der Waals surface area contributed by atoms with Crippen molar-refractivity contribution in [1.29, 1.82) is 0 Å². The van der Waals surface area contributed by atoms with Crippen molar-refractivity contribution in [3.8, 4) is 0 Å². The molecule has 0 spiro atoms. The molecule has 0 saturated carbocycles. The molecule has 1 aromatic carbocycles. The van der Waals surface area contributed by atoms with Crippen LogP contribution in [-0.2, 0) is 16.0 Å². The Hall–Kier alpha value is -1.01. The highest BCUT2D eigenvalue weighted by Crippen LogP contribution is 2.23. The molecule has 0 fully saturated rings. The first-order chi connectivity index (χ1) is 10.6. The summed E-state index contributed by atoms with van der Waals surface area (Å²) >= 11 is 12.0. The molecular formula is C15H23Cl2N3O2. The molecule has 7 heteroatoms. The molecule has 5 nitrogen and oxygen atoms in total. The van der Waals surface area contributed by atoms with E-state index in [1.54, 1.807) is 20.2 Å². The number of guanidine groups is 1. The summed E-state index contributed by atoms with van der Waals surface area (Å²) in [7, 11) is 5.37. The summed E-state index contributed by atoms with van der Waals surface area (Å²) in [6, 6.07) is 5.61. The molecule has 0 radical (unpaired) electrons. The lowest BCUT2D eigenvalue weighted by atomic mass is 10.2. The zero-order valence-electron chi connectivity index (χ0n) is 13.2. The van der Waals surface area contributed by atoms with E-state index in [4.69, 9.17) is 32.7 Å². The number of hydrogen-bond donors (Lipinski definition) is 1. The largest absolute Gasteiger partial charge is 0.382 e. The molecule has 0 bridgehead atoms. The summed E-state index contributed by atoms with van der Waals surface area (Å²) in [6.07, 6.45) is 0. The monoisotopic (exact) mass is 347 g/mol. The van der Waals surface area contributed by atoms with Gasteiger partial charge in [0.05, 0.1) is 29.9 Å². The van der Waals surface area contributed by atoms with Gasteiger partial charge in [0.25, 0.3) is 0 Å². The van der Waals surface area contributed by atoms with Gasteiger partial charge in [0.1, 0.15) is 0 Å². The van der Waals surface area contributed by atoms with Gasteiger partial charge in [-0.3, -0.25) is 4.99 Å². The molecule has 0 aliphatic heterocycles. The van der Waals surface area contributed by atoms with Gasteiger partial charge in [-0.25, -0.2) is 0 Å². The van der Waals surface area contributed by atoms with Gasteiger partial charge < -0.3 is 19.7 Å². The normalized spacial score (nSPS) is 11.6. The van der Waals surface area contributed by atoms with E-state index in [1.807, 2.05) is 24.1 Å². The summed E-state index contributed by atoms with van der Waals surface area (Å²) in [6.45, 7) is 3.16. The summed E-state index contributed by atoms with van der Waals surface area (Å²) in [5, 5.41) is 4.36. The van der Waals surface area contributed by atoms with Gasteiger partial charge in [0.2, 0.25) is 0 Å². The molecule has 0 amide bonds. The molecule has 0 aliphatic rings. The van der Waals surface area contributed by atoms with Gasteiger partial charge in [-0.1, -0.05) is 29.3 Å². The number of ether oxygens (including phenoxy) is 2. The molecule has 0 heterocycles. The number of rotatable bonds is 8. The summed E-state index contributed by atoms with van der Waals surface area (Å²) < 4.78 is 10.3. The van der Waals surface area contributed by atoms with Gasteiger partial charge in [-0.2, -0.15) is 0 Å². The van der Waals surface area contributed by atoms with E-state index in [1.165, 1.54) is 0 Å². The standard InChI is InChI=1S/C15H23Cl2N3O2/c1-18-15(19-6-7-22-9-8-21-3)20(2)11-12-4-5-13(16)14(17)10-12/h4-5,10H,6-9,11H2,1-3H3,(H,18,19). The second-order valence-electron chi connectivity index (χ2n) is 4.68. The summed E-state index contributed by atoms with van der Waals surface area (Å²) in [4.78, 5) is 6.26. The minimum absolute atomic E-state index is 0.557. The van der Waals surface area contributed by atoms with Crippen LogP contribution in [0.1, 0.15) is 5.56 Å². The van der Waals surface area contributed by atoms with Crippen molar-refractivity contribution >= 4 is 29.2 Å². The van der Waals surface area contributed by atoms with E-state index >= 15 is 0 Å². The van der Waals surface area contributed by atoms with Gasteiger partial charge in [0.15, 0.2) is 5.96 Å². The molecule has 0 atom stereocenters. The van der Waals surface area contributed by atoms with E-state index in [0.29, 0.717) is 43.0 Å². The Bertz CT molecular complexity index is 484. The van der Waals surface area contributed by atoms with Crippen molar-refractivity contribution in [2.24, 2.45) is 4.99 Å². The van der Waals surface area contributed by atoms with Gasteiger partial charge >= 0.3 is 0 Å². The Balaban J connectivity index is 2.40. The van der Waals surface area contributed by atoms with Crippen LogP contribution in [0.5, 0.6) is 0 Å². The van der Waals surface area contributed by atoms with Crippen LogP contribution in [0, 0.1) is 0 Å². The zero-order valence-corrected chi connectivity index (χ0v) is 14.7. The first-order valence-electron chi connectivity index (χ1n) is 7.01. The number of benzene rings is 1. The molecule has 0 saturated heterocycles. The molecular weight excluding hydrogens is 325 g/mol. The third-order valence-electron chi connectivity index (χ3n) is 2.94. The second-order valence-corrected chi connectivity index (χ2v) is 5.50. The predicted molar refractivity (Wildman–Crippen MR) is 92.0 cm³/mol. The van der Waals surface area contributed by atoms with Crippen LogP contribution in [0.15, 0.2) is 23.2 Å². The number of halogens is 2. The Morgan fingerprint density at radius 1 is 1.23 bits per heavy atom. The molecule has 0 aliphatic carbocycles. The van der Waals surface area contributed by atoms with Crippen LogP contribution in [0.4, 0.5) is 0 Å². The van der Waals surface area contributed by atoms with Crippen molar-refractivity contribution in [3.63, 3.8) is 0 Å². The Labute approximate surface area is 142 Å². The summed E-state index contributed by atoms with van der Waals surface area (Å²) in [5.41, 5.74) is 1.07. The maximum Gasteiger partial charge on any atom is 0.193 e. The molecule has 0 aromatic heterocycles. The number of methoxy groups -OCH3 is 1. The van der Waals surface area contributed by atoms with Crippen LogP contribution >= 0.6 is 23.2 Å². The third-order valence-corrected chi connectivity index (χ3v) is 3.68. The lowest BCUT2D eigenvalue weighted by Gasteiger charge is -2.22. The number of nitrogens with one attached hydrogen (secondary N) is 1. The lowest BCUT2D eigenvalue weighted by molar-refractivity contribution is 0.0731.